The third-order valence-electron chi connectivity index (χ3n) is 2.39. The molecular weight excluding hydrogens is 248 g/mol. The second-order valence-electron chi connectivity index (χ2n) is 4.31. The lowest BCUT2D eigenvalue weighted by Crippen LogP contribution is -2.15. The number of hydrogen-bond donors (Lipinski definition) is 1. The molecule has 4 heteroatoms. The van der Waals surface area contributed by atoms with Gasteiger partial charge in [0.1, 0.15) is 0 Å². The van der Waals surface area contributed by atoms with Crippen LogP contribution in [-0.2, 0) is 6.54 Å². The summed E-state index contributed by atoms with van der Waals surface area (Å²) >= 11 is 6.09. The smallest absolute Gasteiger partial charge is 0.213 e. The van der Waals surface area contributed by atoms with Crippen molar-refractivity contribution in [3.8, 4) is 5.88 Å². The molecule has 1 aromatic rings. The lowest BCUT2D eigenvalue weighted by atomic mass is 10.3. The Kier molecular flexibility index (Phi) is 6.76. The van der Waals surface area contributed by atoms with E-state index in [-0.39, 0.29) is 0 Å². The first-order chi connectivity index (χ1) is 8.63. The van der Waals surface area contributed by atoms with E-state index in [1.165, 1.54) is 0 Å². The Morgan fingerprint density at radius 3 is 2.94 bits per heavy atom. The summed E-state index contributed by atoms with van der Waals surface area (Å²) in [6.07, 6.45) is 1.93. The molecule has 0 aliphatic rings. The Balaban J connectivity index is 2.53. The first-order valence-corrected chi connectivity index (χ1v) is 6.64. The molecule has 1 heterocycles. The predicted molar refractivity (Wildman–Crippen MR) is 76.2 cm³/mol. The van der Waals surface area contributed by atoms with E-state index in [0.29, 0.717) is 24.1 Å². The van der Waals surface area contributed by atoms with Gasteiger partial charge in [0, 0.05) is 19.0 Å². The highest BCUT2D eigenvalue weighted by Gasteiger charge is 2.04. The third kappa shape index (κ3) is 5.52. The molecule has 100 valence electrons. The minimum absolute atomic E-state index is 0.603. The lowest BCUT2D eigenvalue weighted by Gasteiger charge is -2.09. The molecular formula is C14H21ClN2O. The number of aromatic nitrogens is 1. The molecule has 0 amide bonds. The number of hydrogen-bond acceptors (Lipinski definition) is 3. The van der Waals surface area contributed by atoms with Crippen LogP contribution in [0.25, 0.3) is 0 Å². The molecule has 0 aliphatic carbocycles. The molecule has 0 spiro atoms. The standard InChI is InChI=1S/C14H21ClN2O/c1-4-8-16-10-13-12(15)5-6-14(17-13)18-9-7-11(2)3/h5-6,16H,2,4,7-10H2,1,3H3. The monoisotopic (exact) mass is 268 g/mol. The van der Waals surface area contributed by atoms with Gasteiger partial charge in [-0.1, -0.05) is 24.1 Å². The maximum Gasteiger partial charge on any atom is 0.213 e. The largest absolute Gasteiger partial charge is 0.477 e. The first-order valence-electron chi connectivity index (χ1n) is 6.26. The Labute approximate surface area is 114 Å². The molecule has 0 saturated heterocycles. The van der Waals surface area contributed by atoms with Crippen molar-refractivity contribution in [2.45, 2.75) is 33.2 Å². The molecule has 0 aromatic carbocycles. The highest BCUT2D eigenvalue weighted by Crippen LogP contribution is 2.18. The maximum absolute atomic E-state index is 6.09. The van der Waals surface area contributed by atoms with Crippen molar-refractivity contribution >= 4 is 11.6 Å². The van der Waals surface area contributed by atoms with E-state index < -0.39 is 0 Å². The quantitative estimate of drug-likeness (QED) is 0.578. The van der Waals surface area contributed by atoms with Crippen molar-refractivity contribution in [2.75, 3.05) is 13.2 Å². The van der Waals surface area contributed by atoms with Crippen LogP contribution in [0.15, 0.2) is 24.3 Å². The van der Waals surface area contributed by atoms with Crippen LogP contribution in [0.3, 0.4) is 0 Å². The van der Waals surface area contributed by atoms with E-state index in [0.717, 1.165) is 30.7 Å². The number of halogens is 1. The van der Waals surface area contributed by atoms with Crippen molar-refractivity contribution in [2.24, 2.45) is 0 Å². The van der Waals surface area contributed by atoms with Gasteiger partial charge in [-0.05, 0) is 26.0 Å². The van der Waals surface area contributed by atoms with Crippen molar-refractivity contribution < 1.29 is 4.74 Å². The number of pyridine rings is 1. The Hall–Kier alpha value is -1.06. The summed E-state index contributed by atoms with van der Waals surface area (Å²) in [6, 6.07) is 3.62. The highest BCUT2D eigenvalue weighted by molar-refractivity contribution is 6.31. The summed E-state index contributed by atoms with van der Waals surface area (Å²) in [4.78, 5) is 4.39. The zero-order chi connectivity index (χ0) is 13.4. The molecule has 1 N–H and O–H groups in total. The fourth-order valence-electron chi connectivity index (χ4n) is 1.38. The minimum Gasteiger partial charge on any atom is -0.477 e. The van der Waals surface area contributed by atoms with E-state index in [9.17, 15) is 0 Å². The van der Waals surface area contributed by atoms with E-state index in [1.54, 1.807) is 6.07 Å². The SMILES string of the molecule is C=C(C)CCOc1ccc(Cl)c(CNCCC)n1. The van der Waals surface area contributed by atoms with E-state index in [1.807, 2.05) is 13.0 Å². The molecule has 0 saturated carbocycles. The van der Waals surface area contributed by atoms with Crippen molar-refractivity contribution in [3.05, 3.63) is 35.0 Å². The van der Waals surface area contributed by atoms with Gasteiger partial charge in [-0.15, -0.1) is 6.58 Å². The van der Waals surface area contributed by atoms with Crippen LogP contribution >= 0.6 is 11.6 Å². The summed E-state index contributed by atoms with van der Waals surface area (Å²) in [5, 5.41) is 3.95. The highest BCUT2D eigenvalue weighted by atomic mass is 35.5. The van der Waals surface area contributed by atoms with Crippen LogP contribution in [0, 0.1) is 0 Å². The lowest BCUT2D eigenvalue weighted by molar-refractivity contribution is 0.308. The van der Waals surface area contributed by atoms with Crippen molar-refractivity contribution in [1.29, 1.82) is 0 Å². The van der Waals surface area contributed by atoms with Crippen LogP contribution in [0.2, 0.25) is 5.02 Å². The normalized spacial score (nSPS) is 10.4. The summed E-state index contributed by atoms with van der Waals surface area (Å²) < 4.78 is 5.56. The molecule has 0 radical (unpaired) electrons. The fourth-order valence-corrected chi connectivity index (χ4v) is 1.55. The number of nitrogens with zero attached hydrogens (tertiary/aromatic N) is 1. The summed E-state index contributed by atoms with van der Waals surface area (Å²) in [7, 11) is 0. The van der Waals surface area contributed by atoms with Gasteiger partial charge >= 0.3 is 0 Å². The van der Waals surface area contributed by atoms with Crippen LogP contribution in [-0.4, -0.2) is 18.1 Å². The fraction of sp³-hybridized carbons (Fsp3) is 0.500. The Morgan fingerprint density at radius 1 is 1.50 bits per heavy atom. The summed E-state index contributed by atoms with van der Waals surface area (Å²) in [5.41, 5.74) is 1.94. The molecule has 3 nitrogen and oxygen atoms in total. The third-order valence-corrected chi connectivity index (χ3v) is 2.74. The maximum atomic E-state index is 6.09. The van der Waals surface area contributed by atoms with Crippen LogP contribution < -0.4 is 10.1 Å². The van der Waals surface area contributed by atoms with Crippen molar-refractivity contribution in [3.63, 3.8) is 0 Å². The molecule has 0 unspecified atom stereocenters. The van der Waals surface area contributed by atoms with E-state index in [2.05, 4.69) is 23.8 Å². The topological polar surface area (TPSA) is 34.1 Å². The average molecular weight is 269 g/mol. The molecule has 1 rings (SSSR count). The molecule has 0 aliphatic heterocycles. The van der Waals surface area contributed by atoms with Crippen LogP contribution in [0.1, 0.15) is 32.4 Å². The van der Waals surface area contributed by atoms with Gasteiger partial charge < -0.3 is 10.1 Å². The molecule has 18 heavy (non-hydrogen) atoms. The van der Waals surface area contributed by atoms with E-state index in [4.69, 9.17) is 16.3 Å². The number of ether oxygens (including phenoxy) is 1. The van der Waals surface area contributed by atoms with Crippen LogP contribution in [0.4, 0.5) is 0 Å². The number of nitrogens with one attached hydrogen (secondary N) is 1. The second kappa shape index (κ2) is 8.11. The Bertz CT molecular complexity index is 393. The average Bonchev–Trinajstić information content (AvgIpc) is 2.33. The van der Waals surface area contributed by atoms with E-state index >= 15 is 0 Å². The van der Waals surface area contributed by atoms with Gasteiger partial charge in [-0.25, -0.2) is 4.98 Å². The molecule has 1 aromatic heterocycles. The van der Waals surface area contributed by atoms with Crippen LogP contribution in [0.5, 0.6) is 5.88 Å². The van der Waals surface area contributed by atoms with Gasteiger partial charge in [-0.3, -0.25) is 0 Å². The predicted octanol–water partition coefficient (Wildman–Crippen LogP) is 3.58. The molecule has 0 atom stereocenters. The second-order valence-corrected chi connectivity index (χ2v) is 4.72. The zero-order valence-electron chi connectivity index (χ0n) is 11.1. The Morgan fingerprint density at radius 2 is 2.28 bits per heavy atom. The number of rotatable bonds is 8. The van der Waals surface area contributed by atoms with Gasteiger partial charge in [0.05, 0.1) is 17.3 Å². The minimum atomic E-state index is 0.603. The first kappa shape index (κ1) is 15.0. The van der Waals surface area contributed by atoms with Gasteiger partial charge in [0.25, 0.3) is 0 Å². The van der Waals surface area contributed by atoms with Gasteiger partial charge in [-0.2, -0.15) is 0 Å². The zero-order valence-corrected chi connectivity index (χ0v) is 11.9. The molecule has 0 bridgehead atoms. The van der Waals surface area contributed by atoms with Crippen molar-refractivity contribution in [1.82, 2.24) is 10.3 Å². The molecule has 0 fully saturated rings. The summed E-state index contributed by atoms with van der Waals surface area (Å²) in [6.45, 7) is 10.2. The van der Waals surface area contributed by atoms with Gasteiger partial charge in [0.2, 0.25) is 5.88 Å². The summed E-state index contributed by atoms with van der Waals surface area (Å²) in [5.74, 6) is 0.619. The van der Waals surface area contributed by atoms with Gasteiger partial charge in [0.15, 0.2) is 0 Å².